The molecule has 0 atom stereocenters. The number of guanidine groups is 1. The van der Waals surface area contributed by atoms with E-state index >= 15 is 0 Å². The Labute approximate surface area is 203 Å². The standard InChI is InChI=1S/C23H26F3N3O2.HI/c1-17-6-9-19(21(15-17)31-14-13-30-3)16-29-22(27-2)28-12-4-5-18-7-10-20(11-8-18)23(24,25)26;/h6-11,15H,12-14,16H2,1-3H3,(H2,27,28,29);1H. The number of aliphatic imine (C=N–C) groups is 1. The summed E-state index contributed by atoms with van der Waals surface area (Å²) in [5, 5.41) is 6.25. The Hall–Kier alpha value is -2.45. The summed E-state index contributed by atoms with van der Waals surface area (Å²) in [5.74, 6) is 7.03. The van der Waals surface area contributed by atoms with Crippen molar-refractivity contribution in [2.24, 2.45) is 4.99 Å². The molecule has 0 aliphatic rings. The van der Waals surface area contributed by atoms with Crippen LogP contribution in [0.3, 0.4) is 0 Å². The van der Waals surface area contributed by atoms with E-state index in [0.29, 0.717) is 31.3 Å². The number of hydrogen-bond acceptors (Lipinski definition) is 3. The minimum Gasteiger partial charge on any atom is -0.491 e. The maximum Gasteiger partial charge on any atom is 0.416 e. The minimum absolute atomic E-state index is 0. The molecule has 0 spiro atoms. The summed E-state index contributed by atoms with van der Waals surface area (Å²) in [7, 11) is 3.27. The number of alkyl halides is 3. The third kappa shape index (κ3) is 9.36. The van der Waals surface area contributed by atoms with Gasteiger partial charge in [0, 0.05) is 31.8 Å². The van der Waals surface area contributed by atoms with Gasteiger partial charge < -0.3 is 20.1 Å². The molecule has 0 aromatic heterocycles. The van der Waals surface area contributed by atoms with E-state index in [1.807, 2.05) is 25.1 Å². The van der Waals surface area contributed by atoms with E-state index in [9.17, 15) is 13.2 Å². The number of rotatable bonds is 7. The Balaban J connectivity index is 0.00000512. The molecule has 2 N–H and O–H groups in total. The van der Waals surface area contributed by atoms with Crippen molar-refractivity contribution >= 4 is 29.9 Å². The normalized spacial score (nSPS) is 11.1. The van der Waals surface area contributed by atoms with Crippen LogP contribution in [0.1, 0.15) is 22.3 Å². The van der Waals surface area contributed by atoms with Gasteiger partial charge in [-0.2, -0.15) is 13.2 Å². The van der Waals surface area contributed by atoms with E-state index in [-0.39, 0.29) is 30.5 Å². The van der Waals surface area contributed by atoms with E-state index in [4.69, 9.17) is 9.47 Å². The summed E-state index contributed by atoms with van der Waals surface area (Å²) in [6.45, 7) is 3.73. The summed E-state index contributed by atoms with van der Waals surface area (Å²) in [6, 6.07) is 10.7. The van der Waals surface area contributed by atoms with Crippen LogP contribution < -0.4 is 15.4 Å². The first-order valence-electron chi connectivity index (χ1n) is 9.65. The summed E-state index contributed by atoms with van der Waals surface area (Å²) in [6.07, 6.45) is -4.35. The van der Waals surface area contributed by atoms with Gasteiger partial charge in [-0.05, 0) is 42.8 Å². The number of ether oxygens (including phenoxy) is 2. The highest BCUT2D eigenvalue weighted by molar-refractivity contribution is 14.0. The number of halogens is 4. The molecule has 2 rings (SSSR count). The zero-order valence-electron chi connectivity index (χ0n) is 18.2. The molecule has 9 heteroatoms. The second-order valence-corrected chi connectivity index (χ2v) is 6.61. The van der Waals surface area contributed by atoms with E-state index in [1.54, 1.807) is 14.2 Å². The van der Waals surface area contributed by atoms with Gasteiger partial charge in [-0.25, -0.2) is 0 Å². The fourth-order valence-electron chi connectivity index (χ4n) is 2.59. The zero-order valence-corrected chi connectivity index (χ0v) is 20.5. The Morgan fingerprint density at radius 3 is 2.41 bits per heavy atom. The Kier molecular flexibility index (Phi) is 11.9. The van der Waals surface area contributed by atoms with Crippen molar-refractivity contribution < 1.29 is 22.6 Å². The lowest BCUT2D eigenvalue weighted by molar-refractivity contribution is -0.137. The van der Waals surface area contributed by atoms with Crippen molar-refractivity contribution in [1.82, 2.24) is 10.6 Å². The lowest BCUT2D eigenvalue weighted by Crippen LogP contribution is -2.37. The van der Waals surface area contributed by atoms with Gasteiger partial charge in [-0.3, -0.25) is 4.99 Å². The van der Waals surface area contributed by atoms with Gasteiger partial charge in [0.05, 0.1) is 18.7 Å². The molecule has 174 valence electrons. The second-order valence-electron chi connectivity index (χ2n) is 6.61. The lowest BCUT2D eigenvalue weighted by Gasteiger charge is -2.14. The monoisotopic (exact) mass is 561 g/mol. The summed E-state index contributed by atoms with van der Waals surface area (Å²) in [4.78, 5) is 4.15. The molecule has 0 bridgehead atoms. The second kappa shape index (κ2) is 13.9. The minimum atomic E-state index is -4.35. The average molecular weight is 561 g/mol. The fourth-order valence-corrected chi connectivity index (χ4v) is 2.59. The van der Waals surface area contributed by atoms with Crippen molar-refractivity contribution in [3.63, 3.8) is 0 Å². The fraction of sp³-hybridized carbons (Fsp3) is 0.348. The molecule has 2 aromatic carbocycles. The van der Waals surface area contributed by atoms with Gasteiger partial charge in [-0.15, -0.1) is 24.0 Å². The highest BCUT2D eigenvalue weighted by Gasteiger charge is 2.29. The van der Waals surface area contributed by atoms with Gasteiger partial charge in [0.25, 0.3) is 0 Å². The average Bonchev–Trinajstić information content (AvgIpc) is 2.74. The molecular weight excluding hydrogens is 534 g/mol. The predicted octanol–water partition coefficient (Wildman–Crippen LogP) is 4.37. The summed E-state index contributed by atoms with van der Waals surface area (Å²) >= 11 is 0. The molecule has 5 nitrogen and oxygen atoms in total. The van der Waals surface area contributed by atoms with Crippen LogP contribution in [0.5, 0.6) is 5.75 Å². The molecule has 0 aliphatic carbocycles. The Bertz CT molecular complexity index is 936. The van der Waals surface area contributed by atoms with Crippen molar-refractivity contribution in [2.75, 3.05) is 33.9 Å². The molecule has 0 saturated heterocycles. The smallest absolute Gasteiger partial charge is 0.416 e. The van der Waals surface area contributed by atoms with Crippen LogP contribution in [-0.2, 0) is 17.5 Å². The number of benzene rings is 2. The Morgan fingerprint density at radius 2 is 1.78 bits per heavy atom. The van der Waals surface area contributed by atoms with Gasteiger partial charge >= 0.3 is 6.18 Å². The molecule has 0 heterocycles. The molecule has 2 aromatic rings. The highest BCUT2D eigenvalue weighted by atomic mass is 127. The summed E-state index contributed by atoms with van der Waals surface area (Å²) < 4.78 is 48.6. The van der Waals surface area contributed by atoms with E-state index in [0.717, 1.165) is 29.0 Å². The molecule has 0 unspecified atom stereocenters. The van der Waals surface area contributed by atoms with Gasteiger partial charge in [0.1, 0.15) is 12.4 Å². The van der Waals surface area contributed by atoms with Crippen LogP contribution in [-0.4, -0.2) is 39.9 Å². The number of methoxy groups -OCH3 is 1. The molecule has 0 aliphatic heterocycles. The van der Waals surface area contributed by atoms with Gasteiger partial charge in [-0.1, -0.05) is 24.0 Å². The summed E-state index contributed by atoms with van der Waals surface area (Å²) in [5.41, 5.74) is 1.88. The lowest BCUT2D eigenvalue weighted by atomic mass is 10.1. The number of nitrogens with zero attached hydrogens (tertiary/aromatic N) is 1. The number of hydrogen-bond donors (Lipinski definition) is 2. The van der Waals surface area contributed by atoms with Crippen LogP contribution >= 0.6 is 24.0 Å². The third-order valence-electron chi connectivity index (χ3n) is 4.23. The van der Waals surface area contributed by atoms with E-state index in [1.165, 1.54) is 12.1 Å². The molecule has 0 saturated carbocycles. The predicted molar refractivity (Wildman–Crippen MR) is 130 cm³/mol. The van der Waals surface area contributed by atoms with Gasteiger partial charge in [0.2, 0.25) is 0 Å². The largest absolute Gasteiger partial charge is 0.491 e. The molecule has 0 amide bonds. The van der Waals surface area contributed by atoms with Crippen LogP contribution in [0.2, 0.25) is 0 Å². The first-order valence-corrected chi connectivity index (χ1v) is 9.65. The van der Waals surface area contributed by atoms with E-state index < -0.39 is 11.7 Å². The highest BCUT2D eigenvalue weighted by Crippen LogP contribution is 2.28. The Morgan fingerprint density at radius 1 is 1.06 bits per heavy atom. The molecule has 0 fully saturated rings. The van der Waals surface area contributed by atoms with Crippen LogP contribution in [0, 0.1) is 18.8 Å². The van der Waals surface area contributed by atoms with Crippen LogP contribution in [0.4, 0.5) is 13.2 Å². The van der Waals surface area contributed by atoms with Crippen LogP contribution in [0.25, 0.3) is 0 Å². The van der Waals surface area contributed by atoms with Gasteiger partial charge in [0.15, 0.2) is 5.96 Å². The van der Waals surface area contributed by atoms with E-state index in [2.05, 4.69) is 27.5 Å². The van der Waals surface area contributed by atoms with Crippen molar-refractivity contribution in [3.05, 3.63) is 64.7 Å². The van der Waals surface area contributed by atoms with Crippen molar-refractivity contribution in [2.45, 2.75) is 19.6 Å². The SMILES string of the molecule is CN=C(NCC#Cc1ccc(C(F)(F)F)cc1)NCc1ccc(C)cc1OCCOC.I. The zero-order chi connectivity index (χ0) is 22.7. The first-order chi connectivity index (χ1) is 14.8. The maximum atomic E-state index is 12.6. The van der Waals surface area contributed by atoms with Crippen molar-refractivity contribution in [1.29, 1.82) is 0 Å². The van der Waals surface area contributed by atoms with Crippen molar-refractivity contribution in [3.8, 4) is 17.6 Å². The van der Waals surface area contributed by atoms with Crippen LogP contribution in [0.15, 0.2) is 47.5 Å². The molecule has 0 radical (unpaired) electrons. The number of aryl methyl sites for hydroxylation is 1. The number of nitrogens with one attached hydrogen (secondary N) is 2. The molecule has 32 heavy (non-hydrogen) atoms. The maximum absolute atomic E-state index is 12.6. The topological polar surface area (TPSA) is 54.9 Å². The molecular formula is C23H27F3IN3O2. The quantitative estimate of drug-likeness (QED) is 0.173. The first kappa shape index (κ1) is 27.6. The third-order valence-corrected chi connectivity index (χ3v) is 4.23.